The third-order valence-corrected chi connectivity index (χ3v) is 5.31. The van der Waals surface area contributed by atoms with Crippen LogP contribution in [0.2, 0.25) is 0 Å². The van der Waals surface area contributed by atoms with Crippen molar-refractivity contribution in [3.05, 3.63) is 0 Å². The lowest BCUT2D eigenvalue weighted by Gasteiger charge is -2.53. The molecule has 0 N–H and O–H groups in total. The Balaban J connectivity index is 1.85. The Bertz CT molecular complexity index is 431. The van der Waals surface area contributed by atoms with E-state index in [4.69, 9.17) is 4.74 Å². The van der Waals surface area contributed by atoms with Crippen molar-refractivity contribution in [1.29, 1.82) is 0 Å². The number of nitrogens with zero attached hydrogens (tertiary/aromatic N) is 2. The molecule has 2 amide bonds. The second kappa shape index (κ2) is 5.59. The number of piperazine rings is 1. The predicted molar refractivity (Wildman–Crippen MR) is 78.6 cm³/mol. The summed E-state index contributed by atoms with van der Waals surface area (Å²) in [4.78, 5) is 29.6. The van der Waals surface area contributed by atoms with Gasteiger partial charge >= 0.3 is 0 Å². The molecule has 2 aliphatic heterocycles. The number of fused-ring (bicyclic) bond motifs is 1. The summed E-state index contributed by atoms with van der Waals surface area (Å²) >= 11 is 0. The van der Waals surface area contributed by atoms with Gasteiger partial charge in [0, 0.05) is 19.7 Å². The molecule has 2 heterocycles. The molecule has 0 radical (unpaired) electrons. The molecule has 2 unspecified atom stereocenters. The first-order chi connectivity index (χ1) is 10.0. The predicted octanol–water partition coefficient (Wildman–Crippen LogP) is 1.41. The van der Waals surface area contributed by atoms with Gasteiger partial charge in [-0.3, -0.25) is 9.59 Å². The summed E-state index contributed by atoms with van der Waals surface area (Å²) in [6.07, 6.45) is 4.87. The van der Waals surface area contributed by atoms with Crippen LogP contribution >= 0.6 is 0 Å². The first-order valence-electron chi connectivity index (χ1n) is 8.20. The second-order valence-corrected chi connectivity index (χ2v) is 6.96. The number of hydrogen-bond donors (Lipinski definition) is 0. The summed E-state index contributed by atoms with van der Waals surface area (Å²) in [5.41, 5.74) is 0. The summed E-state index contributed by atoms with van der Waals surface area (Å²) in [5, 5.41) is 0. The van der Waals surface area contributed by atoms with Crippen molar-refractivity contribution in [2.75, 3.05) is 13.7 Å². The Hall–Kier alpha value is -1.10. The number of carbonyl (C=O) groups excluding carboxylic acids is 2. The first-order valence-corrected chi connectivity index (χ1v) is 8.20. The zero-order valence-corrected chi connectivity index (χ0v) is 13.2. The van der Waals surface area contributed by atoms with Gasteiger partial charge in [0.05, 0.1) is 6.10 Å². The largest absolute Gasteiger partial charge is 0.381 e. The van der Waals surface area contributed by atoms with E-state index in [0.29, 0.717) is 0 Å². The normalized spacial score (nSPS) is 36.8. The Labute approximate surface area is 126 Å². The second-order valence-electron chi connectivity index (χ2n) is 6.96. The number of piperidine rings is 1. The van der Waals surface area contributed by atoms with E-state index in [0.717, 1.165) is 38.6 Å². The average molecular weight is 294 g/mol. The molecular weight excluding hydrogens is 268 g/mol. The van der Waals surface area contributed by atoms with Crippen LogP contribution in [0.1, 0.15) is 46.0 Å². The van der Waals surface area contributed by atoms with Crippen molar-refractivity contribution in [2.24, 2.45) is 5.92 Å². The van der Waals surface area contributed by atoms with Gasteiger partial charge in [0.25, 0.3) is 0 Å². The third kappa shape index (κ3) is 2.35. The van der Waals surface area contributed by atoms with Crippen LogP contribution in [0.4, 0.5) is 0 Å². The van der Waals surface area contributed by atoms with Gasteiger partial charge in [0.15, 0.2) is 0 Å². The van der Waals surface area contributed by atoms with Gasteiger partial charge in [0.1, 0.15) is 12.1 Å². The molecule has 0 aromatic heterocycles. The Morgan fingerprint density at radius 2 is 1.86 bits per heavy atom. The number of hydrogen-bond acceptors (Lipinski definition) is 3. The zero-order valence-electron chi connectivity index (χ0n) is 13.2. The maximum atomic E-state index is 12.9. The molecule has 0 spiro atoms. The lowest BCUT2D eigenvalue weighted by atomic mass is 9.82. The minimum atomic E-state index is -0.283. The van der Waals surface area contributed by atoms with Crippen LogP contribution in [0, 0.1) is 5.92 Å². The monoisotopic (exact) mass is 294 g/mol. The maximum Gasteiger partial charge on any atom is 0.246 e. The molecule has 118 valence electrons. The SMILES string of the molecule is COC1CC(N2C(=O)C3CCCCN3C(=O)C2C(C)C)C1. The van der Waals surface area contributed by atoms with Gasteiger partial charge < -0.3 is 14.5 Å². The number of methoxy groups -OCH3 is 1. The number of ether oxygens (including phenoxy) is 1. The fourth-order valence-corrected chi connectivity index (χ4v) is 4.02. The van der Waals surface area contributed by atoms with Crippen molar-refractivity contribution in [3.8, 4) is 0 Å². The van der Waals surface area contributed by atoms with Crippen molar-refractivity contribution in [2.45, 2.75) is 70.2 Å². The number of amides is 2. The lowest BCUT2D eigenvalue weighted by molar-refractivity contribution is -0.174. The van der Waals surface area contributed by atoms with Crippen LogP contribution < -0.4 is 0 Å². The van der Waals surface area contributed by atoms with Crippen molar-refractivity contribution in [1.82, 2.24) is 9.80 Å². The quantitative estimate of drug-likeness (QED) is 0.791. The highest BCUT2D eigenvalue weighted by Crippen LogP contribution is 2.36. The van der Waals surface area contributed by atoms with Gasteiger partial charge in [-0.2, -0.15) is 0 Å². The molecule has 2 saturated heterocycles. The summed E-state index contributed by atoms with van der Waals surface area (Å²) in [6.45, 7) is 4.83. The molecule has 0 bridgehead atoms. The minimum Gasteiger partial charge on any atom is -0.381 e. The van der Waals surface area contributed by atoms with Crippen LogP contribution in [0.15, 0.2) is 0 Å². The Morgan fingerprint density at radius 3 is 2.48 bits per heavy atom. The van der Waals surface area contributed by atoms with Crippen molar-refractivity contribution >= 4 is 11.8 Å². The molecule has 3 rings (SSSR count). The molecule has 3 aliphatic rings. The van der Waals surface area contributed by atoms with E-state index in [1.54, 1.807) is 7.11 Å². The highest BCUT2D eigenvalue weighted by Gasteiger charge is 2.51. The lowest BCUT2D eigenvalue weighted by Crippen LogP contribution is -2.70. The van der Waals surface area contributed by atoms with E-state index in [-0.39, 0.29) is 42.0 Å². The molecule has 0 aromatic carbocycles. The molecule has 5 nitrogen and oxygen atoms in total. The zero-order chi connectivity index (χ0) is 15.1. The van der Waals surface area contributed by atoms with E-state index >= 15 is 0 Å². The fraction of sp³-hybridized carbons (Fsp3) is 0.875. The summed E-state index contributed by atoms with van der Waals surface area (Å²) < 4.78 is 5.34. The smallest absolute Gasteiger partial charge is 0.246 e. The summed E-state index contributed by atoms with van der Waals surface area (Å²) in [6, 6.07) is -0.305. The van der Waals surface area contributed by atoms with Gasteiger partial charge in [-0.1, -0.05) is 13.8 Å². The molecule has 2 atom stereocenters. The maximum absolute atomic E-state index is 12.9. The fourth-order valence-electron chi connectivity index (χ4n) is 4.02. The van der Waals surface area contributed by atoms with E-state index in [1.165, 1.54) is 0 Å². The van der Waals surface area contributed by atoms with Crippen molar-refractivity contribution in [3.63, 3.8) is 0 Å². The third-order valence-electron chi connectivity index (χ3n) is 5.31. The van der Waals surface area contributed by atoms with Gasteiger partial charge in [-0.05, 0) is 38.0 Å². The topological polar surface area (TPSA) is 49.9 Å². The van der Waals surface area contributed by atoms with E-state index in [9.17, 15) is 9.59 Å². The number of rotatable bonds is 3. The van der Waals surface area contributed by atoms with E-state index in [2.05, 4.69) is 0 Å². The first kappa shape index (κ1) is 14.8. The molecule has 3 fully saturated rings. The Morgan fingerprint density at radius 1 is 1.14 bits per heavy atom. The average Bonchev–Trinajstić information content (AvgIpc) is 2.42. The van der Waals surface area contributed by atoms with E-state index < -0.39 is 0 Å². The van der Waals surface area contributed by atoms with Gasteiger partial charge in [-0.25, -0.2) is 0 Å². The van der Waals surface area contributed by atoms with Crippen LogP contribution in [-0.4, -0.2) is 59.5 Å². The minimum absolute atomic E-state index is 0.158. The standard InChI is InChI=1S/C16H26N2O3/c1-10(2)14-16(20)17-7-5-4-6-13(17)15(19)18(14)11-8-12(9-11)21-3/h10-14H,4-9H2,1-3H3. The molecule has 1 saturated carbocycles. The van der Waals surface area contributed by atoms with Crippen molar-refractivity contribution < 1.29 is 14.3 Å². The highest BCUT2D eigenvalue weighted by atomic mass is 16.5. The van der Waals surface area contributed by atoms with Gasteiger partial charge in [-0.15, -0.1) is 0 Å². The summed E-state index contributed by atoms with van der Waals surface area (Å²) in [5.74, 6) is 0.494. The molecule has 1 aliphatic carbocycles. The number of carbonyl (C=O) groups is 2. The van der Waals surface area contributed by atoms with Crippen LogP contribution in [0.25, 0.3) is 0 Å². The van der Waals surface area contributed by atoms with Crippen LogP contribution in [0.5, 0.6) is 0 Å². The Kier molecular flexibility index (Phi) is 3.95. The molecular formula is C16H26N2O3. The van der Waals surface area contributed by atoms with Crippen LogP contribution in [0.3, 0.4) is 0 Å². The highest BCUT2D eigenvalue weighted by molar-refractivity contribution is 5.97. The summed E-state index contributed by atoms with van der Waals surface area (Å²) in [7, 11) is 1.72. The molecule has 21 heavy (non-hydrogen) atoms. The van der Waals surface area contributed by atoms with E-state index in [1.807, 2.05) is 23.6 Å². The molecule has 0 aromatic rings. The van der Waals surface area contributed by atoms with Crippen LogP contribution in [-0.2, 0) is 14.3 Å². The van der Waals surface area contributed by atoms with Gasteiger partial charge in [0.2, 0.25) is 11.8 Å². The molecule has 5 heteroatoms.